The van der Waals surface area contributed by atoms with Crippen molar-refractivity contribution in [2.75, 3.05) is 0 Å². The highest BCUT2D eigenvalue weighted by atomic mass is 16.1. The third-order valence-electron chi connectivity index (χ3n) is 3.28. The topological polar surface area (TPSA) is 34.1 Å². The van der Waals surface area contributed by atoms with Crippen LogP contribution in [-0.2, 0) is 9.59 Å². The van der Waals surface area contributed by atoms with Crippen molar-refractivity contribution in [3.8, 4) is 0 Å². The lowest BCUT2D eigenvalue weighted by Gasteiger charge is -2.20. The third kappa shape index (κ3) is 2.69. The van der Waals surface area contributed by atoms with Crippen LogP contribution in [0.5, 0.6) is 0 Å². The largest absolute Gasteiger partial charge is 0.298 e. The van der Waals surface area contributed by atoms with Crippen LogP contribution in [0.1, 0.15) is 52.4 Å². The summed E-state index contributed by atoms with van der Waals surface area (Å²) in [5.74, 6) is 0. The fourth-order valence-corrected chi connectivity index (χ4v) is 2.41. The van der Waals surface area contributed by atoms with E-state index in [4.69, 9.17) is 0 Å². The summed E-state index contributed by atoms with van der Waals surface area (Å²) in [5, 5.41) is 0. The van der Waals surface area contributed by atoms with E-state index in [0.29, 0.717) is 0 Å². The first-order valence-corrected chi connectivity index (χ1v) is 6.13. The minimum atomic E-state index is 0.752. The van der Waals surface area contributed by atoms with Gasteiger partial charge in [-0.1, -0.05) is 13.8 Å². The summed E-state index contributed by atoms with van der Waals surface area (Å²) in [4.78, 5) is 22.0. The molecule has 0 aromatic rings. The highest BCUT2D eigenvalue weighted by molar-refractivity contribution is 5.81. The van der Waals surface area contributed by atoms with Crippen LogP contribution in [0.2, 0.25) is 0 Å². The molecule has 0 saturated heterocycles. The summed E-state index contributed by atoms with van der Waals surface area (Å²) in [6.45, 7) is 4.04. The van der Waals surface area contributed by atoms with Crippen LogP contribution in [0.25, 0.3) is 0 Å². The molecule has 0 aromatic carbocycles. The highest BCUT2D eigenvalue weighted by Gasteiger charge is 2.17. The molecule has 0 aliphatic heterocycles. The maximum absolute atomic E-state index is 11.0. The van der Waals surface area contributed by atoms with Crippen molar-refractivity contribution < 1.29 is 9.59 Å². The van der Waals surface area contributed by atoms with Gasteiger partial charge in [0.05, 0.1) is 0 Å². The van der Waals surface area contributed by atoms with Crippen LogP contribution in [0, 0.1) is 0 Å². The van der Waals surface area contributed by atoms with Gasteiger partial charge >= 0.3 is 0 Å². The number of carbonyl (C=O) groups is 2. The smallest absolute Gasteiger partial charge is 0.146 e. The molecule has 0 aromatic heterocycles. The molecule has 0 N–H and O–H groups in total. The number of hydrogen-bond acceptors (Lipinski definition) is 2. The van der Waals surface area contributed by atoms with E-state index in [1.807, 2.05) is 6.92 Å². The molecule has 1 rings (SSSR count). The molecule has 0 bridgehead atoms. The standard InChI is InChI=1S/C14H20O2/c1-3-11(9-15)13(4-2)14-8-6-5-7-12(14)10-16/h9-10H,3-8H2,1-2H3/b13-11-. The van der Waals surface area contributed by atoms with Crippen molar-refractivity contribution in [2.45, 2.75) is 52.4 Å². The summed E-state index contributed by atoms with van der Waals surface area (Å²) in [6, 6.07) is 0. The third-order valence-corrected chi connectivity index (χ3v) is 3.28. The predicted molar refractivity (Wildman–Crippen MR) is 65.2 cm³/mol. The van der Waals surface area contributed by atoms with Crippen LogP contribution in [-0.4, -0.2) is 12.6 Å². The van der Waals surface area contributed by atoms with E-state index in [-0.39, 0.29) is 0 Å². The number of allylic oxidation sites excluding steroid dienone is 4. The molecule has 0 radical (unpaired) electrons. The Kier molecular flexibility index (Phi) is 5.17. The van der Waals surface area contributed by atoms with Crippen LogP contribution in [0.15, 0.2) is 22.3 Å². The number of hydrogen-bond donors (Lipinski definition) is 0. The van der Waals surface area contributed by atoms with Gasteiger partial charge in [0.15, 0.2) is 0 Å². The zero-order valence-corrected chi connectivity index (χ0v) is 10.2. The Labute approximate surface area is 97.4 Å². The lowest BCUT2D eigenvalue weighted by molar-refractivity contribution is -0.106. The average Bonchev–Trinajstić information content (AvgIpc) is 2.35. The Hall–Kier alpha value is -1.18. The fraction of sp³-hybridized carbons (Fsp3) is 0.571. The Morgan fingerprint density at radius 1 is 1.12 bits per heavy atom. The maximum atomic E-state index is 11.0. The number of rotatable bonds is 5. The van der Waals surface area contributed by atoms with E-state index >= 15 is 0 Å². The van der Waals surface area contributed by atoms with E-state index in [9.17, 15) is 9.59 Å². The van der Waals surface area contributed by atoms with Crippen LogP contribution in [0.3, 0.4) is 0 Å². The van der Waals surface area contributed by atoms with Crippen molar-refractivity contribution in [1.82, 2.24) is 0 Å². The van der Waals surface area contributed by atoms with E-state index in [0.717, 1.165) is 73.4 Å². The molecule has 2 heteroatoms. The van der Waals surface area contributed by atoms with Crippen molar-refractivity contribution >= 4 is 12.6 Å². The predicted octanol–water partition coefficient (Wildman–Crippen LogP) is 3.37. The minimum absolute atomic E-state index is 0.752. The van der Waals surface area contributed by atoms with Gasteiger partial charge in [0.1, 0.15) is 12.6 Å². The first kappa shape index (κ1) is 12.9. The molecule has 0 spiro atoms. The van der Waals surface area contributed by atoms with Crippen molar-refractivity contribution in [2.24, 2.45) is 0 Å². The normalized spacial score (nSPS) is 18.1. The molecule has 0 heterocycles. The van der Waals surface area contributed by atoms with E-state index in [2.05, 4.69) is 6.92 Å². The second-order valence-electron chi connectivity index (χ2n) is 4.16. The van der Waals surface area contributed by atoms with Crippen molar-refractivity contribution in [1.29, 1.82) is 0 Å². The number of aldehydes is 2. The molecule has 0 fully saturated rings. The van der Waals surface area contributed by atoms with Gasteiger partial charge in [0.2, 0.25) is 0 Å². The van der Waals surface area contributed by atoms with E-state index in [1.54, 1.807) is 0 Å². The molecule has 16 heavy (non-hydrogen) atoms. The fourth-order valence-electron chi connectivity index (χ4n) is 2.41. The zero-order valence-electron chi connectivity index (χ0n) is 10.2. The van der Waals surface area contributed by atoms with E-state index < -0.39 is 0 Å². The van der Waals surface area contributed by atoms with Gasteiger partial charge in [-0.25, -0.2) is 0 Å². The molecule has 0 unspecified atom stereocenters. The second-order valence-corrected chi connectivity index (χ2v) is 4.16. The maximum Gasteiger partial charge on any atom is 0.146 e. The molecule has 88 valence electrons. The van der Waals surface area contributed by atoms with Gasteiger partial charge in [-0.05, 0) is 60.8 Å². The molecule has 0 amide bonds. The summed E-state index contributed by atoms with van der Waals surface area (Å²) in [5.41, 5.74) is 4.03. The van der Waals surface area contributed by atoms with Crippen molar-refractivity contribution in [3.05, 3.63) is 22.3 Å². The molecule has 1 aliphatic rings. The van der Waals surface area contributed by atoms with E-state index in [1.165, 1.54) is 0 Å². The Bertz CT molecular complexity index is 319. The lowest BCUT2D eigenvalue weighted by Crippen LogP contribution is -2.06. The zero-order chi connectivity index (χ0) is 12.0. The summed E-state index contributed by atoms with van der Waals surface area (Å²) >= 11 is 0. The van der Waals surface area contributed by atoms with Crippen LogP contribution >= 0.6 is 0 Å². The highest BCUT2D eigenvalue weighted by Crippen LogP contribution is 2.32. The molecular weight excluding hydrogens is 200 g/mol. The Balaban J connectivity index is 3.21. The summed E-state index contributed by atoms with van der Waals surface area (Å²) in [7, 11) is 0. The monoisotopic (exact) mass is 220 g/mol. The summed E-state index contributed by atoms with van der Waals surface area (Å²) < 4.78 is 0. The average molecular weight is 220 g/mol. The molecule has 2 nitrogen and oxygen atoms in total. The van der Waals surface area contributed by atoms with Crippen LogP contribution < -0.4 is 0 Å². The van der Waals surface area contributed by atoms with Gasteiger partial charge < -0.3 is 0 Å². The lowest BCUT2D eigenvalue weighted by atomic mass is 9.84. The second kappa shape index (κ2) is 6.41. The van der Waals surface area contributed by atoms with Gasteiger partial charge in [0.25, 0.3) is 0 Å². The van der Waals surface area contributed by atoms with Gasteiger partial charge in [-0.15, -0.1) is 0 Å². The van der Waals surface area contributed by atoms with Crippen molar-refractivity contribution in [3.63, 3.8) is 0 Å². The molecule has 1 aliphatic carbocycles. The quantitative estimate of drug-likeness (QED) is 0.526. The van der Waals surface area contributed by atoms with Gasteiger partial charge in [-0.2, -0.15) is 0 Å². The summed E-state index contributed by atoms with van der Waals surface area (Å²) in [6.07, 6.45) is 7.57. The van der Waals surface area contributed by atoms with Crippen LogP contribution in [0.4, 0.5) is 0 Å². The molecule has 0 saturated carbocycles. The molecule has 0 atom stereocenters. The minimum Gasteiger partial charge on any atom is -0.298 e. The van der Waals surface area contributed by atoms with Gasteiger partial charge in [-0.3, -0.25) is 9.59 Å². The number of carbonyl (C=O) groups excluding carboxylic acids is 2. The SMILES string of the molecule is CC/C(C=O)=C(\CC)C1=C(C=O)CCCC1. The Morgan fingerprint density at radius 2 is 1.81 bits per heavy atom. The first-order chi connectivity index (χ1) is 7.78. The van der Waals surface area contributed by atoms with Gasteiger partial charge in [0, 0.05) is 0 Å². The molecular formula is C14H20O2. The first-order valence-electron chi connectivity index (χ1n) is 6.13. The Morgan fingerprint density at radius 3 is 2.31 bits per heavy atom.